The number of benzene rings is 3. The monoisotopic (exact) mass is 409 g/mol. The topological polar surface area (TPSA) is 60.7 Å². The van der Waals surface area contributed by atoms with E-state index in [4.69, 9.17) is 9.15 Å². The molecule has 0 saturated carbocycles. The number of alkyl halides is 2. The second kappa shape index (κ2) is 8.24. The van der Waals surface area contributed by atoms with Gasteiger partial charge in [-0.15, -0.1) is 0 Å². The molecule has 0 fully saturated rings. The summed E-state index contributed by atoms with van der Waals surface area (Å²) in [6.07, 6.45) is 2.90. The van der Waals surface area contributed by atoms with Crippen LogP contribution in [-0.2, 0) is 4.79 Å². The molecule has 5 nitrogen and oxygen atoms in total. The van der Waals surface area contributed by atoms with Crippen LogP contribution in [0.15, 0.2) is 71.2 Å². The number of fused-ring (bicyclic) bond motifs is 3. The molecule has 4 rings (SSSR count). The van der Waals surface area contributed by atoms with Gasteiger partial charge < -0.3 is 19.2 Å². The Labute approximate surface area is 170 Å². The Hall–Kier alpha value is -3.87. The van der Waals surface area contributed by atoms with Gasteiger partial charge in [0.25, 0.3) is 0 Å². The van der Waals surface area contributed by atoms with E-state index in [0.29, 0.717) is 11.3 Å². The van der Waals surface area contributed by atoms with E-state index in [-0.39, 0.29) is 17.4 Å². The predicted octanol–water partition coefficient (Wildman–Crippen LogP) is 5.85. The highest BCUT2D eigenvalue weighted by Crippen LogP contribution is 2.31. The molecule has 1 aromatic heterocycles. The second-order valence-electron chi connectivity index (χ2n) is 6.42. The van der Waals surface area contributed by atoms with Gasteiger partial charge in [-0.2, -0.15) is 8.78 Å². The minimum absolute atomic E-state index is 0.0743. The zero-order valence-corrected chi connectivity index (χ0v) is 15.9. The van der Waals surface area contributed by atoms with Crippen LogP contribution < -0.4 is 14.8 Å². The number of para-hydroxylation sites is 1. The maximum Gasteiger partial charge on any atom is 0.387 e. The van der Waals surface area contributed by atoms with Gasteiger partial charge in [0.1, 0.15) is 11.2 Å². The Morgan fingerprint density at radius 1 is 1.00 bits per heavy atom. The Balaban J connectivity index is 1.50. The number of furan rings is 1. The lowest BCUT2D eigenvalue weighted by molar-refractivity contribution is -0.111. The summed E-state index contributed by atoms with van der Waals surface area (Å²) in [6.45, 7) is -2.95. The fraction of sp³-hybridized carbons (Fsp3) is 0.0870. The van der Waals surface area contributed by atoms with E-state index in [1.165, 1.54) is 25.3 Å². The van der Waals surface area contributed by atoms with Gasteiger partial charge in [0.15, 0.2) is 11.5 Å². The third kappa shape index (κ3) is 4.10. The highest BCUT2D eigenvalue weighted by atomic mass is 19.3. The number of hydrogen-bond donors (Lipinski definition) is 1. The molecule has 0 spiro atoms. The van der Waals surface area contributed by atoms with E-state index >= 15 is 0 Å². The molecule has 7 heteroatoms. The molecule has 0 atom stereocenters. The molecular weight excluding hydrogens is 392 g/mol. The Morgan fingerprint density at radius 3 is 2.60 bits per heavy atom. The van der Waals surface area contributed by atoms with Crippen LogP contribution in [0.2, 0.25) is 0 Å². The van der Waals surface area contributed by atoms with Crippen LogP contribution in [0.25, 0.3) is 28.0 Å². The smallest absolute Gasteiger partial charge is 0.387 e. The predicted molar refractivity (Wildman–Crippen MR) is 111 cm³/mol. The lowest BCUT2D eigenvalue weighted by Gasteiger charge is -2.10. The summed E-state index contributed by atoms with van der Waals surface area (Å²) in [4.78, 5) is 12.3. The molecule has 30 heavy (non-hydrogen) atoms. The molecule has 0 aliphatic heterocycles. The van der Waals surface area contributed by atoms with Crippen molar-refractivity contribution in [3.8, 4) is 11.5 Å². The SMILES string of the molecule is COc1cc(/C=C/C(=O)Nc2ccc3oc4ccccc4c3c2)ccc1OC(F)F. The first kappa shape index (κ1) is 19.4. The molecular formula is C23H17F2NO4. The quantitative estimate of drug-likeness (QED) is 0.406. The number of ether oxygens (including phenoxy) is 2. The minimum atomic E-state index is -2.95. The van der Waals surface area contributed by atoms with Gasteiger partial charge in [-0.3, -0.25) is 4.79 Å². The van der Waals surface area contributed by atoms with Crippen LogP contribution in [0, 0.1) is 0 Å². The normalized spacial score (nSPS) is 11.5. The third-order valence-corrected chi connectivity index (χ3v) is 4.48. The lowest BCUT2D eigenvalue weighted by atomic mass is 10.1. The van der Waals surface area contributed by atoms with Gasteiger partial charge in [-0.25, -0.2) is 0 Å². The standard InChI is InChI=1S/C23H17F2NO4/c1-28-21-12-14(6-9-20(21)30-23(24)25)7-11-22(27)26-15-8-10-19-17(13-15)16-4-2-3-5-18(16)29-19/h2-13,23H,1H3,(H,26,27)/b11-7+. The van der Waals surface area contributed by atoms with Gasteiger partial charge in [0.2, 0.25) is 5.91 Å². The first-order valence-electron chi connectivity index (χ1n) is 9.07. The first-order chi connectivity index (χ1) is 14.5. The van der Waals surface area contributed by atoms with Crippen molar-refractivity contribution in [3.63, 3.8) is 0 Å². The molecule has 1 amide bonds. The number of halogens is 2. The van der Waals surface area contributed by atoms with Crippen LogP contribution in [-0.4, -0.2) is 19.6 Å². The summed E-state index contributed by atoms with van der Waals surface area (Å²) in [5.41, 5.74) is 2.74. The number of nitrogens with one attached hydrogen (secondary N) is 1. The van der Waals surface area contributed by atoms with Crippen LogP contribution in [0.5, 0.6) is 11.5 Å². The summed E-state index contributed by atoms with van der Waals surface area (Å²) in [5.74, 6) is -0.265. The molecule has 0 saturated heterocycles. The average Bonchev–Trinajstić information content (AvgIpc) is 3.10. The largest absolute Gasteiger partial charge is 0.493 e. The molecule has 0 aliphatic carbocycles. The molecule has 1 N–H and O–H groups in total. The van der Waals surface area contributed by atoms with Gasteiger partial charge >= 0.3 is 6.61 Å². The van der Waals surface area contributed by atoms with E-state index in [0.717, 1.165) is 21.9 Å². The van der Waals surface area contributed by atoms with Gasteiger partial charge in [0, 0.05) is 22.5 Å². The summed E-state index contributed by atoms with van der Waals surface area (Å²) in [6, 6.07) is 17.5. The Morgan fingerprint density at radius 2 is 1.80 bits per heavy atom. The third-order valence-electron chi connectivity index (χ3n) is 4.48. The van der Waals surface area contributed by atoms with Crippen molar-refractivity contribution < 1.29 is 27.5 Å². The lowest BCUT2D eigenvalue weighted by Crippen LogP contribution is -2.07. The van der Waals surface area contributed by atoms with Crippen LogP contribution in [0.1, 0.15) is 5.56 Å². The van der Waals surface area contributed by atoms with E-state index in [2.05, 4.69) is 10.1 Å². The van der Waals surface area contributed by atoms with Gasteiger partial charge in [-0.1, -0.05) is 24.3 Å². The Kier molecular flexibility index (Phi) is 5.34. The van der Waals surface area contributed by atoms with Crippen LogP contribution in [0.3, 0.4) is 0 Å². The number of methoxy groups -OCH3 is 1. The summed E-state index contributed by atoms with van der Waals surface area (Å²) >= 11 is 0. The number of carbonyl (C=O) groups excluding carboxylic acids is 1. The molecule has 0 unspecified atom stereocenters. The van der Waals surface area contributed by atoms with E-state index < -0.39 is 6.61 Å². The first-order valence-corrected chi connectivity index (χ1v) is 9.07. The van der Waals surface area contributed by atoms with Crippen molar-refractivity contribution in [3.05, 3.63) is 72.3 Å². The zero-order valence-electron chi connectivity index (χ0n) is 15.9. The van der Waals surface area contributed by atoms with Crippen molar-refractivity contribution in [1.29, 1.82) is 0 Å². The number of anilines is 1. The number of carbonyl (C=O) groups is 1. The molecule has 3 aromatic carbocycles. The van der Waals surface area contributed by atoms with Crippen molar-refractivity contribution in [2.24, 2.45) is 0 Å². The molecule has 0 radical (unpaired) electrons. The average molecular weight is 409 g/mol. The summed E-state index contributed by atoms with van der Waals surface area (Å²) in [7, 11) is 1.35. The molecule has 152 valence electrons. The van der Waals surface area contributed by atoms with Crippen LogP contribution in [0.4, 0.5) is 14.5 Å². The maximum absolute atomic E-state index is 12.4. The van der Waals surface area contributed by atoms with Crippen molar-refractivity contribution in [1.82, 2.24) is 0 Å². The Bertz CT molecular complexity index is 1250. The fourth-order valence-corrected chi connectivity index (χ4v) is 3.14. The van der Waals surface area contributed by atoms with Crippen molar-refractivity contribution >= 4 is 39.6 Å². The highest BCUT2D eigenvalue weighted by Gasteiger charge is 2.11. The molecule has 1 heterocycles. The fourth-order valence-electron chi connectivity index (χ4n) is 3.14. The number of rotatable bonds is 6. The zero-order chi connectivity index (χ0) is 21.1. The van der Waals surface area contributed by atoms with Gasteiger partial charge in [0.05, 0.1) is 7.11 Å². The maximum atomic E-state index is 12.4. The number of amides is 1. The molecule has 0 bridgehead atoms. The minimum Gasteiger partial charge on any atom is -0.493 e. The van der Waals surface area contributed by atoms with Crippen molar-refractivity contribution in [2.75, 3.05) is 12.4 Å². The molecule has 4 aromatic rings. The summed E-state index contributed by atoms with van der Waals surface area (Å²) in [5, 5.41) is 4.68. The number of hydrogen-bond acceptors (Lipinski definition) is 4. The van der Waals surface area contributed by atoms with E-state index in [9.17, 15) is 13.6 Å². The van der Waals surface area contributed by atoms with Gasteiger partial charge in [-0.05, 0) is 48.0 Å². The highest BCUT2D eigenvalue weighted by molar-refractivity contribution is 6.08. The van der Waals surface area contributed by atoms with Crippen LogP contribution >= 0.6 is 0 Å². The van der Waals surface area contributed by atoms with E-state index in [1.807, 2.05) is 30.3 Å². The second-order valence-corrected chi connectivity index (χ2v) is 6.42. The summed E-state index contributed by atoms with van der Waals surface area (Å²) < 4.78 is 40.0. The molecule has 0 aliphatic rings. The van der Waals surface area contributed by atoms with Crippen molar-refractivity contribution in [2.45, 2.75) is 6.61 Å². The van der Waals surface area contributed by atoms with E-state index in [1.54, 1.807) is 24.3 Å².